The van der Waals surface area contributed by atoms with E-state index in [1.54, 1.807) is 12.1 Å². The van der Waals surface area contributed by atoms with Crippen LogP contribution in [-0.2, 0) is 6.42 Å². The monoisotopic (exact) mass is 240 g/mol. The summed E-state index contributed by atoms with van der Waals surface area (Å²) in [6, 6.07) is 3.38. The van der Waals surface area contributed by atoms with Crippen molar-refractivity contribution < 1.29 is 0 Å². The Morgan fingerprint density at radius 3 is 2.00 bits per heavy atom. The molecule has 0 aliphatic rings. The van der Waals surface area contributed by atoms with Crippen molar-refractivity contribution in [2.24, 2.45) is 0 Å². The van der Waals surface area contributed by atoms with Gasteiger partial charge in [0.2, 0.25) is 0 Å². The fraction of sp³-hybridized carbons (Fsp3) is 0.250. The standard InChI is InChI=1S/C8H7Cl3S/c9-5-3-7(10)6(1-2-12)8(11)4-5/h3-4,12H,1-2H2. The third-order valence-electron chi connectivity index (χ3n) is 1.47. The van der Waals surface area contributed by atoms with Crippen molar-refractivity contribution in [3.8, 4) is 0 Å². The predicted octanol–water partition coefficient (Wildman–Crippen LogP) is 4.12. The average molecular weight is 242 g/mol. The van der Waals surface area contributed by atoms with E-state index in [4.69, 9.17) is 34.8 Å². The first-order valence-corrected chi connectivity index (χ1v) is 5.16. The van der Waals surface area contributed by atoms with Gasteiger partial charge in [-0.2, -0.15) is 12.6 Å². The summed E-state index contributed by atoms with van der Waals surface area (Å²) in [6.07, 6.45) is 0.762. The molecule has 0 N–H and O–H groups in total. The molecule has 1 aromatic rings. The van der Waals surface area contributed by atoms with Crippen LogP contribution >= 0.6 is 47.4 Å². The quantitative estimate of drug-likeness (QED) is 0.740. The van der Waals surface area contributed by atoms with Gasteiger partial charge >= 0.3 is 0 Å². The van der Waals surface area contributed by atoms with Crippen LogP contribution in [0.2, 0.25) is 15.1 Å². The van der Waals surface area contributed by atoms with Crippen LogP contribution in [0.5, 0.6) is 0 Å². The molecule has 0 aliphatic carbocycles. The van der Waals surface area contributed by atoms with Crippen molar-refractivity contribution in [3.05, 3.63) is 32.8 Å². The Kier molecular flexibility index (Phi) is 4.04. The highest BCUT2D eigenvalue weighted by molar-refractivity contribution is 7.80. The van der Waals surface area contributed by atoms with Crippen LogP contribution in [0, 0.1) is 0 Å². The zero-order valence-electron chi connectivity index (χ0n) is 6.15. The molecule has 0 saturated heterocycles. The summed E-state index contributed by atoms with van der Waals surface area (Å²) in [5.74, 6) is 0.723. The van der Waals surface area contributed by atoms with Crippen LogP contribution in [0.3, 0.4) is 0 Å². The van der Waals surface area contributed by atoms with Gasteiger partial charge in [0.15, 0.2) is 0 Å². The van der Waals surface area contributed by atoms with Gasteiger partial charge in [-0.05, 0) is 29.9 Å². The van der Waals surface area contributed by atoms with E-state index < -0.39 is 0 Å². The maximum atomic E-state index is 5.91. The van der Waals surface area contributed by atoms with Crippen LogP contribution in [-0.4, -0.2) is 5.75 Å². The molecule has 4 heteroatoms. The van der Waals surface area contributed by atoms with Crippen molar-refractivity contribution in [2.45, 2.75) is 6.42 Å². The van der Waals surface area contributed by atoms with Crippen molar-refractivity contribution >= 4 is 47.4 Å². The second kappa shape index (κ2) is 4.61. The lowest BCUT2D eigenvalue weighted by Crippen LogP contribution is -1.89. The Bertz CT molecular complexity index is 263. The van der Waals surface area contributed by atoms with Crippen molar-refractivity contribution in [3.63, 3.8) is 0 Å². The Morgan fingerprint density at radius 1 is 1.08 bits per heavy atom. The van der Waals surface area contributed by atoms with E-state index in [9.17, 15) is 0 Å². The Hall–Kier alpha value is 0.440. The normalized spacial score (nSPS) is 10.3. The molecule has 0 aromatic heterocycles. The number of benzene rings is 1. The molecule has 0 bridgehead atoms. The molecule has 12 heavy (non-hydrogen) atoms. The minimum Gasteiger partial charge on any atom is -0.179 e. The zero-order chi connectivity index (χ0) is 9.14. The SMILES string of the molecule is SCCc1c(Cl)cc(Cl)cc1Cl. The summed E-state index contributed by atoms with van der Waals surface area (Å²) in [4.78, 5) is 0. The molecule has 0 radical (unpaired) electrons. The first-order valence-electron chi connectivity index (χ1n) is 3.39. The number of thiol groups is 1. The van der Waals surface area contributed by atoms with E-state index in [-0.39, 0.29) is 0 Å². The van der Waals surface area contributed by atoms with Crippen LogP contribution in [0.4, 0.5) is 0 Å². The topological polar surface area (TPSA) is 0 Å². The highest BCUT2D eigenvalue weighted by Gasteiger charge is 2.05. The van der Waals surface area contributed by atoms with Gasteiger partial charge in [-0.15, -0.1) is 0 Å². The summed E-state index contributed by atoms with van der Waals surface area (Å²) < 4.78 is 0. The second-order valence-electron chi connectivity index (χ2n) is 2.32. The van der Waals surface area contributed by atoms with Crippen molar-refractivity contribution in [1.29, 1.82) is 0 Å². The van der Waals surface area contributed by atoms with Gasteiger partial charge in [0.1, 0.15) is 0 Å². The fourth-order valence-electron chi connectivity index (χ4n) is 0.923. The van der Waals surface area contributed by atoms with Crippen LogP contribution in [0.1, 0.15) is 5.56 Å². The van der Waals surface area contributed by atoms with E-state index in [1.165, 1.54) is 0 Å². The molecule has 0 amide bonds. The summed E-state index contributed by atoms with van der Waals surface area (Å²) in [5, 5.41) is 1.79. The van der Waals surface area contributed by atoms with Gasteiger partial charge in [-0.3, -0.25) is 0 Å². The Balaban J connectivity index is 3.10. The fourth-order valence-corrected chi connectivity index (χ4v) is 2.15. The molecule has 0 spiro atoms. The molecular formula is C8H7Cl3S. The molecule has 0 saturated carbocycles. The summed E-state index contributed by atoms with van der Waals surface area (Å²) in [6.45, 7) is 0. The summed E-state index contributed by atoms with van der Waals surface area (Å²) >= 11 is 21.7. The van der Waals surface area contributed by atoms with E-state index in [1.807, 2.05) is 0 Å². The number of halogens is 3. The highest BCUT2D eigenvalue weighted by Crippen LogP contribution is 2.29. The highest BCUT2D eigenvalue weighted by atomic mass is 35.5. The third-order valence-corrected chi connectivity index (χ3v) is 2.58. The number of rotatable bonds is 2. The lowest BCUT2D eigenvalue weighted by atomic mass is 10.2. The molecule has 66 valence electrons. The molecule has 0 fully saturated rings. The number of hydrogen-bond acceptors (Lipinski definition) is 1. The van der Waals surface area contributed by atoms with Crippen LogP contribution in [0.15, 0.2) is 12.1 Å². The van der Waals surface area contributed by atoms with Crippen LogP contribution in [0.25, 0.3) is 0 Å². The first kappa shape index (κ1) is 10.5. The van der Waals surface area contributed by atoms with Gasteiger partial charge in [0.05, 0.1) is 0 Å². The molecule has 1 rings (SSSR count). The lowest BCUT2D eigenvalue weighted by Gasteiger charge is -2.05. The number of hydrogen-bond donors (Lipinski definition) is 1. The molecule has 0 aliphatic heterocycles. The van der Waals surface area contributed by atoms with Gasteiger partial charge in [0.25, 0.3) is 0 Å². The van der Waals surface area contributed by atoms with Crippen molar-refractivity contribution in [2.75, 3.05) is 5.75 Å². The minimum absolute atomic E-state index is 0.563. The summed E-state index contributed by atoms with van der Waals surface area (Å²) in [5.41, 5.74) is 0.915. The maximum Gasteiger partial charge on any atom is 0.0467 e. The molecule has 1 aromatic carbocycles. The zero-order valence-corrected chi connectivity index (χ0v) is 9.31. The molecule has 0 atom stereocenters. The van der Waals surface area contributed by atoms with Gasteiger partial charge in [0, 0.05) is 15.1 Å². The average Bonchev–Trinajstić information content (AvgIpc) is 1.96. The van der Waals surface area contributed by atoms with Gasteiger partial charge in [-0.25, -0.2) is 0 Å². The van der Waals surface area contributed by atoms with E-state index in [2.05, 4.69) is 12.6 Å². The summed E-state index contributed by atoms with van der Waals surface area (Å²) in [7, 11) is 0. The molecule has 0 heterocycles. The molecular weight excluding hydrogens is 235 g/mol. The largest absolute Gasteiger partial charge is 0.179 e. The second-order valence-corrected chi connectivity index (χ2v) is 4.02. The maximum absolute atomic E-state index is 5.91. The smallest absolute Gasteiger partial charge is 0.0467 e. The lowest BCUT2D eigenvalue weighted by molar-refractivity contribution is 1.16. The predicted molar refractivity (Wildman–Crippen MR) is 59.0 cm³/mol. The van der Waals surface area contributed by atoms with E-state index in [0.717, 1.165) is 17.7 Å². The first-order chi connectivity index (χ1) is 5.65. The molecule has 0 nitrogen and oxygen atoms in total. The van der Waals surface area contributed by atoms with Crippen molar-refractivity contribution in [1.82, 2.24) is 0 Å². The Morgan fingerprint density at radius 2 is 1.58 bits per heavy atom. The van der Waals surface area contributed by atoms with E-state index in [0.29, 0.717) is 15.1 Å². The minimum atomic E-state index is 0.563. The van der Waals surface area contributed by atoms with E-state index >= 15 is 0 Å². The van der Waals surface area contributed by atoms with Crippen LogP contribution < -0.4 is 0 Å². The molecule has 0 unspecified atom stereocenters. The Labute approximate surface area is 92.2 Å². The van der Waals surface area contributed by atoms with Gasteiger partial charge < -0.3 is 0 Å². The van der Waals surface area contributed by atoms with Gasteiger partial charge in [-0.1, -0.05) is 34.8 Å². The third kappa shape index (κ3) is 2.46.